The Morgan fingerprint density at radius 2 is 2.00 bits per heavy atom. The zero-order valence-electron chi connectivity index (χ0n) is 15.0. The first-order chi connectivity index (χ1) is 11.1. The molecule has 2 saturated heterocycles. The quantitative estimate of drug-likeness (QED) is 0.655. The van der Waals surface area contributed by atoms with Crippen LogP contribution >= 0.6 is 0 Å². The first kappa shape index (κ1) is 18.9. The highest BCUT2D eigenvalue weighted by molar-refractivity contribution is 7.88. The monoisotopic (exact) mass is 357 g/mol. The summed E-state index contributed by atoms with van der Waals surface area (Å²) in [5.74, 6) is -1.04. The summed E-state index contributed by atoms with van der Waals surface area (Å²) in [7, 11) is 0.195. The van der Waals surface area contributed by atoms with Crippen molar-refractivity contribution >= 4 is 21.8 Å². The summed E-state index contributed by atoms with van der Waals surface area (Å²) in [6.45, 7) is 4.92. The maximum absolute atomic E-state index is 12.7. The van der Waals surface area contributed by atoms with Crippen molar-refractivity contribution < 1.29 is 18.0 Å². The average molecular weight is 357 g/mol. The van der Waals surface area contributed by atoms with Crippen LogP contribution in [0.5, 0.6) is 0 Å². The molecule has 2 amide bonds. The highest BCUT2D eigenvalue weighted by atomic mass is 32.2. The summed E-state index contributed by atoms with van der Waals surface area (Å²) in [4.78, 5) is 28.8. The third kappa shape index (κ3) is 3.49. The molecule has 0 radical (unpaired) electrons. The Kier molecular flexibility index (Phi) is 5.39. The lowest BCUT2D eigenvalue weighted by Gasteiger charge is -2.28. The van der Waals surface area contributed by atoms with Crippen LogP contribution in [-0.4, -0.2) is 79.9 Å². The molecule has 3 atom stereocenters. The van der Waals surface area contributed by atoms with Crippen molar-refractivity contribution in [2.75, 3.05) is 33.4 Å². The number of sulfonamides is 1. The van der Waals surface area contributed by atoms with Crippen molar-refractivity contribution in [3.8, 4) is 0 Å². The molecule has 0 aromatic carbocycles. The molecule has 24 heavy (non-hydrogen) atoms. The summed E-state index contributed by atoms with van der Waals surface area (Å²) < 4.78 is 25.1. The maximum atomic E-state index is 12.7. The molecule has 0 aromatic heterocycles. The minimum atomic E-state index is -3.63. The third-order valence-corrected chi connectivity index (χ3v) is 5.85. The molecule has 0 aliphatic carbocycles. The number of rotatable bonds is 5. The molecular formula is C16H27N3O4S. The van der Waals surface area contributed by atoms with E-state index in [1.165, 1.54) is 6.08 Å². The van der Waals surface area contributed by atoms with Gasteiger partial charge >= 0.3 is 0 Å². The lowest BCUT2D eigenvalue weighted by molar-refractivity contribution is -0.131. The van der Waals surface area contributed by atoms with Crippen LogP contribution in [0.25, 0.3) is 0 Å². The number of likely N-dealkylation sites (N-methyl/N-ethyl adjacent to an activating group) is 1. The van der Waals surface area contributed by atoms with E-state index >= 15 is 0 Å². The minimum Gasteiger partial charge on any atom is -0.333 e. The number of fused-ring (bicyclic) bond motifs is 1. The van der Waals surface area contributed by atoms with E-state index in [0.29, 0.717) is 19.5 Å². The molecule has 2 aliphatic rings. The van der Waals surface area contributed by atoms with Gasteiger partial charge in [0.2, 0.25) is 21.8 Å². The highest BCUT2D eigenvalue weighted by Gasteiger charge is 2.58. The van der Waals surface area contributed by atoms with Crippen molar-refractivity contribution in [2.45, 2.75) is 32.4 Å². The summed E-state index contributed by atoms with van der Waals surface area (Å²) >= 11 is 0. The van der Waals surface area contributed by atoms with E-state index in [1.807, 2.05) is 32.8 Å². The van der Waals surface area contributed by atoms with Gasteiger partial charge in [-0.2, -0.15) is 0 Å². The van der Waals surface area contributed by atoms with Crippen LogP contribution in [0, 0.1) is 11.8 Å². The first-order valence-corrected chi connectivity index (χ1v) is 10.1. The van der Waals surface area contributed by atoms with Gasteiger partial charge < -0.3 is 9.80 Å². The lowest BCUT2D eigenvalue weighted by atomic mass is 9.88. The summed E-state index contributed by atoms with van der Waals surface area (Å²) in [5.41, 5.74) is 0. The van der Waals surface area contributed by atoms with Crippen LogP contribution in [0.4, 0.5) is 0 Å². The van der Waals surface area contributed by atoms with E-state index in [9.17, 15) is 18.0 Å². The normalized spacial score (nSPS) is 27.8. The number of amides is 2. The second-order valence-electron chi connectivity index (χ2n) is 7.21. The van der Waals surface area contributed by atoms with Gasteiger partial charge in [-0.25, -0.2) is 12.7 Å². The van der Waals surface area contributed by atoms with Gasteiger partial charge in [0.15, 0.2) is 0 Å². The second-order valence-corrected chi connectivity index (χ2v) is 9.07. The molecule has 2 rings (SSSR count). The Hall–Kier alpha value is -1.41. The summed E-state index contributed by atoms with van der Waals surface area (Å²) in [6.07, 6.45) is 4.87. The Morgan fingerprint density at radius 1 is 1.38 bits per heavy atom. The number of hydrogen-bond donors (Lipinski definition) is 0. The van der Waals surface area contributed by atoms with E-state index in [1.54, 1.807) is 11.0 Å². The van der Waals surface area contributed by atoms with Gasteiger partial charge in [-0.1, -0.05) is 19.9 Å². The molecule has 0 N–H and O–H groups in total. The van der Waals surface area contributed by atoms with Crippen LogP contribution < -0.4 is 0 Å². The van der Waals surface area contributed by atoms with Gasteiger partial charge in [0.1, 0.15) is 0 Å². The molecule has 2 heterocycles. The molecule has 0 aromatic rings. The molecule has 8 heteroatoms. The van der Waals surface area contributed by atoms with Crippen LogP contribution in [0.15, 0.2) is 12.2 Å². The van der Waals surface area contributed by atoms with Crippen molar-refractivity contribution in [1.29, 1.82) is 0 Å². The zero-order valence-corrected chi connectivity index (χ0v) is 15.8. The number of nitrogens with zero attached hydrogens (tertiary/aromatic N) is 3. The van der Waals surface area contributed by atoms with Crippen molar-refractivity contribution in [3.63, 3.8) is 0 Å². The van der Waals surface area contributed by atoms with Crippen molar-refractivity contribution in [2.24, 2.45) is 11.8 Å². The topological polar surface area (TPSA) is 78.0 Å². The molecule has 0 unspecified atom stereocenters. The molecule has 0 saturated carbocycles. The Balaban J connectivity index is 2.29. The molecule has 136 valence electrons. The smallest absolute Gasteiger partial charge is 0.246 e. The van der Waals surface area contributed by atoms with Gasteiger partial charge in [-0.3, -0.25) is 9.59 Å². The predicted molar refractivity (Wildman–Crippen MR) is 91.6 cm³/mol. The van der Waals surface area contributed by atoms with Crippen LogP contribution in [0.3, 0.4) is 0 Å². The third-order valence-electron chi connectivity index (χ3n) is 4.68. The van der Waals surface area contributed by atoms with Crippen molar-refractivity contribution in [3.05, 3.63) is 12.2 Å². The van der Waals surface area contributed by atoms with Crippen molar-refractivity contribution in [1.82, 2.24) is 14.1 Å². The maximum Gasteiger partial charge on any atom is 0.246 e. The molecule has 0 bridgehead atoms. The van der Waals surface area contributed by atoms with E-state index < -0.39 is 22.0 Å². The molecule has 2 aliphatic heterocycles. The number of carbonyl (C=O) groups excluding carboxylic acids is 2. The largest absolute Gasteiger partial charge is 0.333 e. The van der Waals surface area contributed by atoms with Gasteiger partial charge in [0.25, 0.3) is 0 Å². The fourth-order valence-corrected chi connectivity index (χ4v) is 4.92. The summed E-state index contributed by atoms with van der Waals surface area (Å²) in [5, 5.41) is 0. The Labute approximate surface area is 144 Å². The fraction of sp³-hybridized carbons (Fsp3) is 0.750. The van der Waals surface area contributed by atoms with E-state index in [0.717, 1.165) is 10.6 Å². The van der Waals surface area contributed by atoms with Crippen LogP contribution in [0.2, 0.25) is 0 Å². The van der Waals surface area contributed by atoms with E-state index in [4.69, 9.17) is 0 Å². The van der Waals surface area contributed by atoms with Gasteiger partial charge in [-0.05, 0) is 26.4 Å². The average Bonchev–Trinajstić information content (AvgIpc) is 2.92. The fourth-order valence-electron chi connectivity index (χ4n) is 3.75. The lowest BCUT2D eigenvalue weighted by Crippen LogP contribution is -2.43. The van der Waals surface area contributed by atoms with E-state index in [-0.39, 0.29) is 23.8 Å². The van der Waals surface area contributed by atoms with Gasteiger partial charge in [0, 0.05) is 19.2 Å². The summed E-state index contributed by atoms with van der Waals surface area (Å²) in [6, 6.07) is -0.810. The standard InChI is InChI=1S/C16H27N3O4S/c1-11(2)14-15-12(19(16(14)21)24(5,22)23)8-10-18(15)13(20)7-6-9-17(3)4/h6-7,11-12,14-15H,8-10H2,1-5H3/t12-,14+,15-/m0/s1. The first-order valence-electron chi connectivity index (χ1n) is 8.20. The molecule has 0 spiro atoms. The van der Waals surface area contributed by atoms with Crippen LogP contribution in [0.1, 0.15) is 20.3 Å². The molecular weight excluding hydrogens is 330 g/mol. The number of carbonyl (C=O) groups is 2. The Bertz CT molecular complexity index is 642. The second kappa shape index (κ2) is 6.84. The molecule has 2 fully saturated rings. The number of hydrogen-bond acceptors (Lipinski definition) is 5. The Morgan fingerprint density at radius 3 is 2.50 bits per heavy atom. The van der Waals surface area contributed by atoms with E-state index in [2.05, 4.69) is 0 Å². The van der Waals surface area contributed by atoms with Gasteiger partial charge in [0.05, 0.1) is 24.3 Å². The van der Waals surface area contributed by atoms with Gasteiger partial charge in [-0.15, -0.1) is 0 Å². The predicted octanol–water partition coefficient (Wildman–Crippen LogP) is 0.148. The molecule has 7 nitrogen and oxygen atoms in total. The SMILES string of the molecule is CC(C)[C@H]1C(=O)N(S(C)(=O)=O)[C@H]2CCN(C(=O)C=CCN(C)C)[C@H]12. The zero-order chi connectivity index (χ0) is 18.2. The number of likely N-dealkylation sites (tertiary alicyclic amines) is 1. The van der Waals surface area contributed by atoms with Crippen LogP contribution in [-0.2, 0) is 19.6 Å². The minimum absolute atomic E-state index is 0.0316. The highest BCUT2D eigenvalue weighted by Crippen LogP contribution is 2.41.